The second-order valence-corrected chi connectivity index (χ2v) is 6.46. The Kier molecular flexibility index (Phi) is 5.45. The normalized spacial score (nSPS) is 11.1. The van der Waals surface area contributed by atoms with Crippen LogP contribution in [0.5, 0.6) is 0 Å². The average Bonchev–Trinajstić information content (AvgIpc) is 3.10. The molecule has 0 unspecified atom stereocenters. The summed E-state index contributed by atoms with van der Waals surface area (Å²) in [5.74, 6) is 0.105. The first-order valence-corrected chi connectivity index (χ1v) is 8.48. The molecular weight excluding hydrogens is 329 g/mol. The molecule has 0 saturated heterocycles. The summed E-state index contributed by atoms with van der Waals surface area (Å²) < 4.78 is 18.9. The molecule has 1 aromatic heterocycles. The Bertz CT molecular complexity index is 910. The minimum Gasteiger partial charge on any atom is -0.444 e. The Labute approximate surface area is 152 Å². The van der Waals surface area contributed by atoms with Crippen molar-refractivity contribution in [3.63, 3.8) is 0 Å². The SMILES string of the molecule is CC(C)N(Cc1ccc(C#N)cc1)Cc1coc(-c2cccc(F)c2)n1. The zero-order valence-corrected chi connectivity index (χ0v) is 14.8. The molecule has 0 atom stereocenters. The third-order valence-corrected chi connectivity index (χ3v) is 4.19. The lowest BCUT2D eigenvalue weighted by Crippen LogP contribution is -2.29. The maximum atomic E-state index is 13.4. The number of oxazole rings is 1. The first-order valence-electron chi connectivity index (χ1n) is 8.48. The quantitative estimate of drug-likeness (QED) is 0.644. The third kappa shape index (κ3) is 4.35. The van der Waals surface area contributed by atoms with Gasteiger partial charge >= 0.3 is 0 Å². The monoisotopic (exact) mass is 349 g/mol. The number of aromatic nitrogens is 1. The molecule has 3 rings (SSSR count). The topological polar surface area (TPSA) is 53.1 Å². The van der Waals surface area contributed by atoms with Gasteiger partial charge in [0.05, 0.1) is 17.3 Å². The molecule has 4 nitrogen and oxygen atoms in total. The fourth-order valence-corrected chi connectivity index (χ4v) is 2.68. The molecule has 0 aliphatic heterocycles. The maximum absolute atomic E-state index is 13.4. The summed E-state index contributed by atoms with van der Waals surface area (Å²) in [5.41, 5.74) is 3.21. The van der Waals surface area contributed by atoms with Crippen molar-refractivity contribution >= 4 is 0 Å². The summed E-state index contributed by atoms with van der Waals surface area (Å²) in [5, 5.41) is 8.90. The fraction of sp³-hybridized carbons (Fsp3) is 0.238. The van der Waals surface area contributed by atoms with Crippen LogP contribution in [0.1, 0.15) is 30.7 Å². The van der Waals surface area contributed by atoms with Crippen molar-refractivity contribution in [2.24, 2.45) is 0 Å². The highest BCUT2D eigenvalue weighted by atomic mass is 19.1. The predicted octanol–water partition coefficient (Wildman–Crippen LogP) is 4.76. The van der Waals surface area contributed by atoms with Gasteiger partial charge in [0.15, 0.2) is 0 Å². The van der Waals surface area contributed by atoms with Crippen LogP contribution in [-0.4, -0.2) is 15.9 Å². The summed E-state index contributed by atoms with van der Waals surface area (Å²) in [6.45, 7) is 5.61. The van der Waals surface area contributed by atoms with Crippen molar-refractivity contribution in [2.75, 3.05) is 0 Å². The van der Waals surface area contributed by atoms with E-state index in [-0.39, 0.29) is 5.82 Å². The van der Waals surface area contributed by atoms with E-state index in [1.165, 1.54) is 12.1 Å². The molecule has 26 heavy (non-hydrogen) atoms. The van der Waals surface area contributed by atoms with Gasteiger partial charge in [-0.25, -0.2) is 9.37 Å². The Morgan fingerprint density at radius 2 is 1.92 bits per heavy atom. The van der Waals surface area contributed by atoms with Crippen molar-refractivity contribution < 1.29 is 8.81 Å². The van der Waals surface area contributed by atoms with E-state index in [0.717, 1.165) is 17.8 Å². The molecule has 2 aromatic carbocycles. The first kappa shape index (κ1) is 17.8. The number of hydrogen-bond acceptors (Lipinski definition) is 4. The van der Waals surface area contributed by atoms with E-state index >= 15 is 0 Å². The van der Waals surface area contributed by atoms with Gasteiger partial charge in [-0.05, 0) is 49.7 Å². The number of halogens is 1. The van der Waals surface area contributed by atoms with E-state index in [4.69, 9.17) is 9.68 Å². The number of nitrogens with zero attached hydrogens (tertiary/aromatic N) is 3. The van der Waals surface area contributed by atoms with Gasteiger partial charge in [-0.3, -0.25) is 4.90 Å². The molecule has 0 radical (unpaired) electrons. The van der Waals surface area contributed by atoms with Gasteiger partial charge in [-0.2, -0.15) is 5.26 Å². The summed E-state index contributed by atoms with van der Waals surface area (Å²) in [6, 6.07) is 16.2. The first-order chi connectivity index (χ1) is 12.5. The van der Waals surface area contributed by atoms with Crippen LogP contribution >= 0.6 is 0 Å². The number of benzene rings is 2. The molecule has 3 aromatic rings. The Balaban J connectivity index is 1.73. The lowest BCUT2D eigenvalue weighted by Gasteiger charge is -2.25. The second kappa shape index (κ2) is 7.94. The van der Waals surface area contributed by atoms with Crippen LogP contribution in [0.15, 0.2) is 59.2 Å². The fourth-order valence-electron chi connectivity index (χ4n) is 2.68. The zero-order valence-electron chi connectivity index (χ0n) is 14.8. The minimum atomic E-state index is -0.313. The van der Waals surface area contributed by atoms with Crippen LogP contribution in [0, 0.1) is 17.1 Å². The van der Waals surface area contributed by atoms with E-state index in [2.05, 4.69) is 29.8 Å². The van der Waals surface area contributed by atoms with Gasteiger partial charge in [-0.15, -0.1) is 0 Å². The van der Waals surface area contributed by atoms with Crippen LogP contribution in [0.3, 0.4) is 0 Å². The van der Waals surface area contributed by atoms with Crippen LogP contribution < -0.4 is 0 Å². The van der Waals surface area contributed by atoms with Crippen molar-refractivity contribution in [3.8, 4) is 17.5 Å². The molecule has 0 saturated carbocycles. The van der Waals surface area contributed by atoms with E-state index in [1.54, 1.807) is 18.4 Å². The van der Waals surface area contributed by atoms with E-state index < -0.39 is 0 Å². The van der Waals surface area contributed by atoms with Gasteiger partial charge < -0.3 is 4.42 Å². The van der Waals surface area contributed by atoms with Gasteiger partial charge in [0.25, 0.3) is 0 Å². The van der Waals surface area contributed by atoms with Crippen LogP contribution in [0.2, 0.25) is 0 Å². The molecule has 0 spiro atoms. The summed E-state index contributed by atoms with van der Waals surface area (Å²) in [4.78, 5) is 6.75. The molecule has 0 bridgehead atoms. The second-order valence-electron chi connectivity index (χ2n) is 6.46. The molecule has 1 heterocycles. The number of rotatable bonds is 6. The lowest BCUT2D eigenvalue weighted by atomic mass is 10.1. The van der Waals surface area contributed by atoms with E-state index in [9.17, 15) is 4.39 Å². The minimum absolute atomic E-state index is 0.306. The highest BCUT2D eigenvalue weighted by Gasteiger charge is 2.15. The van der Waals surface area contributed by atoms with Crippen LogP contribution in [-0.2, 0) is 13.1 Å². The Morgan fingerprint density at radius 3 is 2.58 bits per heavy atom. The lowest BCUT2D eigenvalue weighted by molar-refractivity contribution is 0.201. The molecule has 0 amide bonds. The standard InChI is InChI=1S/C21H20FN3O/c1-15(2)25(12-17-8-6-16(11-23)7-9-17)13-20-14-26-21(24-20)18-4-3-5-19(22)10-18/h3-10,14-15H,12-13H2,1-2H3. The van der Waals surface area contributed by atoms with Gasteiger partial charge in [0.2, 0.25) is 5.89 Å². The zero-order chi connectivity index (χ0) is 18.5. The maximum Gasteiger partial charge on any atom is 0.226 e. The highest BCUT2D eigenvalue weighted by molar-refractivity contribution is 5.52. The Hall–Kier alpha value is -2.97. The van der Waals surface area contributed by atoms with Gasteiger partial charge in [0.1, 0.15) is 12.1 Å². The molecule has 0 aliphatic carbocycles. The van der Waals surface area contributed by atoms with E-state index in [1.807, 2.05) is 24.3 Å². The number of nitriles is 1. The average molecular weight is 349 g/mol. The summed E-state index contributed by atoms with van der Waals surface area (Å²) in [7, 11) is 0. The summed E-state index contributed by atoms with van der Waals surface area (Å²) >= 11 is 0. The Morgan fingerprint density at radius 1 is 1.15 bits per heavy atom. The van der Waals surface area contributed by atoms with E-state index in [0.29, 0.717) is 29.6 Å². The van der Waals surface area contributed by atoms with Crippen molar-refractivity contribution in [1.29, 1.82) is 5.26 Å². The molecule has 132 valence electrons. The van der Waals surface area contributed by atoms with Crippen LogP contribution in [0.4, 0.5) is 4.39 Å². The van der Waals surface area contributed by atoms with Crippen molar-refractivity contribution in [2.45, 2.75) is 33.0 Å². The highest BCUT2D eigenvalue weighted by Crippen LogP contribution is 2.21. The molecule has 0 N–H and O–H groups in total. The molecule has 5 heteroatoms. The number of hydrogen-bond donors (Lipinski definition) is 0. The largest absolute Gasteiger partial charge is 0.444 e. The van der Waals surface area contributed by atoms with Crippen molar-refractivity contribution in [3.05, 3.63) is 77.4 Å². The van der Waals surface area contributed by atoms with Crippen LogP contribution in [0.25, 0.3) is 11.5 Å². The molecule has 0 aliphatic rings. The molecular formula is C21H20FN3O. The van der Waals surface area contributed by atoms with Gasteiger partial charge in [0, 0.05) is 24.7 Å². The molecule has 0 fully saturated rings. The third-order valence-electron chi connectivity index (χ3n) is 4.19. The van der Waals surface area contributed by atoms with Crippen molar-refractivity contribution in [1.82, 2.24) is 9.88 Å². The predicted molar refractivity (Wildman–Crippen MR) is 97.4 cm³/mol. The van der Waals surface area contributed by atoms with Gasteiger partial charge in [-0.1, -0.05) is 18.2 Å². The smallest absolute Gasteiger partial charge is 0.226 e. The summed E-state index contributed by atoms with van der Waals surface area (Å²) in [6.07, 6.45) is 1.62.